The number of hydrogen-bond donors (Lipinski definition) is 2. The van der Waals surface area contributed by atoms with Gasteiger partial charge < -0.3 is 10.4 Å². The maximum Gasteiger partial charge on any atom is 0.307 e. The lowest BCUT2D eigenvalue weighted by atomic mass is 9.82. The summed E-state index contributed by atoms with van der Waals surface area (Å²) in [6.07, 6.45) is 6.23. The Morgan fingerprint density at radius 1 is 1.04 bits per heavy atom. The van der Waals surface area contributed by atoms with Crippen LogP contribution in [0.4, 0.5) is 5.69 Å². The minimum absolute atomic E-state index is 0.0240. The van der Waals surface area contributed by atoms with E-state index < -0.39 is 17.8 Å². The van der Waals surface area contributed by atoms with Crippen LogP contribution in [-0.4, -0.2) is 17.0 Å². The van der Waals surface area contributed by atoms with Gasteiger partial charge in [-0.3, -0.25) is 9.59 Å². The smallest absolute Gasteiger partial charge is 0.307 e. The minimum Gasteiger partial charge on any atom is -0.481 e. The van der Waals surface area contributed by atoms with Gasteiger partial charge in [0.15, 0.2) is 0 Å². The van der Waals surface area contributed by atoms with Crippen molar-refractivity contribution in [1.82, 2.24) is 0 Å². The molecule has 24 heavy (non-hydrogen) atoms. The molecule has 1 aromatic rings. The van der Waals surface area contributed by atoms with E-state index in [1.165, 1.54) is 0 Å². The zero-order valence-electron chi connectivity index (χ0n) is 14.3. The van der Waals surface area contributed by atoms with Gasteiger partial charge in [0, 0.05) is 5.69 Å². The van der Waals surface area contributed by atoms with E-state index in [-0.39, 0.29) is 23.2 Å². The number of carboxylic acids is 1. The summed E-state index contributed by atoms with van der Waals surface area (Å²) in [5.74, 6) is -1.92. The number of allylic oxidation sites excluding steroid dienone is 2. The molecule has 3 aliphatic rings. The van der Waals surface area contributed by atoms with Gasteiger partial charge in [-0.05, 0) is 62.0 Å². The highest BCUT2D eigenvalue weighted by Crippen LogP contribution is 2.72. The van der Waals surface area contributed by atoms with Crippen molar-refractivity contribution in [3.63, 3.8) is 0 Å². The van der Waals surface area contributed by atoms with E-state index in [2.05, 4.69) is 11.4 Å². The third kappa shape index (κ3) is 1.98. The molecule has 4 rings (SSSR count). The summed E-state index contributed by atoms with van der Waals surface area (Å²) in [5, 5.41) is 12.8. The third-order valence-electron chi connectivity index (χ3n) is 6.35. The van der Waals surface area contributed by atoms with Crippen LogP contribution in [0.2, 0.25) is 0 Å². The molecule has 3 aliphatic carbocycles. The molecule has 1 aromatic carbocycles. The Bertz CT molecular complexity index is 752. The maximum absolute atomic E-state index is 13.0. The molecule has 1 amide bonds. The molecule has 2 fully saturated rings. The Kier molecular flexibility index (Phi) is 3.18. The lowest BCUT2D eigenvalue weighted by molar-refractivity contribution is -0.146. The number of carbonyl (C=O) groups is 2. The number of rotatable bonds is 3. The summed E-state index contributed by atoms with van der Waals surface area (Å²) in [5.41, 5.74) is 4.08. The first-order valence-electron chi connectivity index (χ1n) is 8.65. The van der Waals surface area contributed by atoms with Gasteiger partial charge in [-0.15, -0.1) is 0 Å². The van der Waals surface area contributed by atoms with Gasteiger partial charge >= 0.3 is 5.97 Å². The summed E-state index contributed by atoms with van der Waals surface area (Å²) in [7, 11) is 0. The Balaban J connectivity index is 1.65. The lowest BCUT2D eigenvalue weighted by Crippen LogP contribution is -2.36. The maximum atomic E-state index is 13.0. The zero-order valence-corrected chi connectivity index (χ0v) is 14.3. The molecule has 2 bridgehead atoms. The van der Waals surface area contributed by atoms with Gasteiger partial charge in [0.05, 0.1) is 11.8 Å². The molecule has 126 valence electrons. The van der Waals surface area contributed by atoms with Crippen LogP contribution in [0, 0.1) is 49.9 Å². The number of nitrogens with one attached hydrogen (secondary N) is 1. The predicted molar refractivity (Wildman–Crippen MR) is 91.7 cm³/mol. The molecule has 0 radical (unpaired) electrons. The van der Waals surface area contributed by atoms with Crippen molar-refractivity contribution in [2.24, 2.45) is 29.1 Å². The van der Waals surface area contributed by atoms with Crippen LogP contribution in [0.15, 0.2) is 24.3 Å². The summed E-state index contributed by atoms with van der Waals surface area (Å²) < 4.78 is 0. The van der Waals surface area contributed by atoms with Crippen molar-refractivity contribution in [3.05, 3.63) is 41.0 Å². The molecule has 2 N–H and O–H groups in total. The minimum atomic E-state index is -0.837. The molecule has 0 aliphatic heterocycles. The highest BCUT2D eigenvalue weighted by molar-refractivity contribution is 5.97. The number of aliphatic carboxylic acids is 1. The SMILES string of the molecule is Cc1cc(C)c(NC(=O)C2C(C(=O)O)C3C=CC2C32CC2)c(C)c1. The lowest BCUT2D eigenvalue weighted by Gasteiger charge is -2.24. The first-order chi connectivity index (χ1) is 11.3. The normalized spacial score (nSPS) is 31.5. The largest absolute Gasteiger partial charge is 0.481 e. The predicted octanol–water partition coefficient (Wildman–Crippen LogP) is 3.46. The van der Waals surface area contributed by atoms with Crippen LogP contribution < -0.4 is 5.32 Å². The van der Waals surface area contributed by atoms with Gasteiger partial charge in [-0.2, -0.15) is 0 Å². The fourth-order valence-corrected chi connectivity index (χ4v) is 5.27. The fourth-order valence-electron chi connectivity index (χ4n) is 5.27. The summed E-state index contributed by atoms with van der Waals surface area (Å²) in [4.78, 5) is 24.9. The molecule has 2 saturated carbocycles. The van der Waals surface area contributed by atoms with E-state index in [9.17, 15) is 14.7 Å². The third-order valence-corrected chi connectivity index (χ3v) is 6.35. The number of benzene rings is 1. The van der Waals surface area contributed by atoms with Gasteiger partial charge in [-0.1, -0.05) is 29.8 Å². The average Bonchev–Trinajstić information content (AvgIpc) is 3.16. The monoisotopic (exact) mass is 325 g/mol. The van der Waals surface area contributed by atoms with E-state index in [0.29, 0.717) is 0 Å². The molecule has 0 aromatic heterocycles. The van der Waals surface area contributed by atoms with Crippen molar-refractivity contribution in [2.75, 3.05) is 5.32 Å². The van der Waals surface area contributed by atoms with Crippen molar-refractivity contribution in [1.29, 1.82) is 0 Å². The van der Waals surface area contributed by atoms with Crippen LogP contribution in [0.25, 0.3) is 0 Å². The molecule has 4 heteroatoms. The summed E-state index contributed by atoms with van der Waals surface area (Å²) in [6.45, 7) is 5.99. The van der Waals surface area contributed by atoms with Crippen LogP contribution in [0.5, 0.6) is 0 Å². The highest BCUT2D eigenvalue weighted by Gasteiger charge is 2.70. The Morgan fingerprint density at radius 2 is 1.58 bits per heavy atom. The molecular formula is C20H23NO3. The Hall–Kier alpha value is -2.10. The number of aryl methyl sites for hydroxylation is 3. The Morgan fingerprint density at radius 3 is 2.08 bits per heavy atom. The first-order valence-corrected chi connectivity index (χ1v) is 8.65. The Labute approximate surface area is 142 Å². The molecule has 0 heterocycles. The van der Waals surface area contributed by atoms with Gasteiger partial charge in [0.25, 0.3) is 0 Å². The van der Waals surface area contributed by atoms with E-state index >= 15 is 0 Å². The fraction of sp³-hybridized carbons (Fsp3) is 0.500. The second kappa shape index (κ2) is 4.95. The number of amides is 1. The standard InChI is InChI=1S/C20H23NO3/c1-10-8-11(2)17(12(3)9-10)21-18(22)15-13-4-5-14(16(15)19(23)24)20(13)6-7-20/h4-5,8-9,13-16H,6-7H2,1-3H3,(H,21,22)(H,23,24). The van der Waals surface area contributed by atoms with Crippen molar-refractivity contribution in [2.45, 2.75) is 33.6 Å². The number of anilines is 1. The van der Waals surface area contributed by atoms with Gasteiger partial charge in [0.2, 0.25) is 5.91 Å². The molecule has 4 unspecified atom stereocenters. The van der Waals surface area contributed by atoms with Crippen LogP contribution >= 0.6 is 0 Å². The van der Waals surface area contributed by atoms with Crippen LogP contribution in [0.1, 0.15) is 29.5 Å². The molecule has 4 atom stereocenters. The van der Waals surface area contributed by atoms with Crippen LogP contribution in [-0.2, 0) is 9.59 Å². The van der Waals surface area contributed by atoms with E-state index in [1.807, 2.05) is 39.0 Å². The van der Waals surface area contributed by atoms with E-state index in [0.717, 1.165) is 35.2 Å². The molecule has 4 nitrogen and oxygen atoms in total. The molecular weight excluding hydrogens is 302 g/mol. The summed E-state index contributed by atoms with van der Waals surface area (Å²) >= 11 is 0. The first kappa shape index (κ1) is 15.4. The number of hydrogen-bond acceptors (Lipinski definition) is 2. The molecule has 0 saturated heterocycles. The van der Waals surface area contributed by atoms with Crippen molar-refractivity contribution >= 4 is 17.6 Å². The van der Waals surface area contributed by atoms with Crippen molar-refractivity contribution < 1.29 is 14.7 Å². The van der Waals surface area contributed by atoms with E-state index in [4.69, 9.17) is 0 Å². The zero-order chi connectivity index (χ0) is 17.2. The second-order valence-corrected chi connectivity index (χ2v) is 7.82. The number of carbonyl (C=O) groups excluding carboxylic acids is 1. The van der Waals surface area contributed by atoms with Crippen LogP contribution in [0.3, 0.4) is 0 Å². The average molecular weight is 325 g/mol. The quantitative estimate of drug-likeness (QED) is 0.836. The highest BCUT2D eigenvalue weighted by atomic mass is 16.4. The van der Waals surface area contributed by atoms with Gasteiger partial charge in [0.1, 0.15) is 0 Å². The molecule has 1 spiro atoms. The van der Waals surface area contributed by atoms with Crippen molar-refractivity contribution in [3.8, 4) is 0 Å². The second-order valence-electron chi connectivity index (χ2n) is 7.82. The van der Waals surface area contributed by atoms with Gasteiger partial charge in [-0.25, -0.2) is 0 Å². The number of carboxylic acid groups (broad SMARTS) is 1. The van der Waals surface area contributed by atoms with E-state index in [1.54, 1.807) is 0 Å². The summed E-state index contributed by atoms with van der Waals surface area (Å²) in [6, 6.07) is 4.08. The topological polar surface area (TPSA) is 66.4 Å².